The molecule has 10 heteroatoms. The Kier molecular flexibility index (Phi) is 6.48. The van der Waals surface area contributed by atoms with Crippen molar-refractivity contribution in [3.05, 3.63) is 52.3 Å². The van der Waals surface area contributed by atoms with Crippen molar-refractivity contribution in [3.8, 4) is 0 Å². The molecule has 0 saturated carbocycles. The van der Waals surface area contributed by atoms with Crippen molar-refractivity contribution in [2.45, 2.75) is 25.1 Å². The van der Waals surface area contributed by atoms with Gasteiger partial charge in [0.25, 0.3) is 5.91 Å². The van der Waals surface area contributed by atoms with Gasteiger partial charge in [0.1, 0.15) is 0 Å². The van der Waals surface area contributed by atoms with Crippen LogP contribution in [0.4, 0.5) is 5.95 Å². The molecule has 1 aromatic heterocycles. The van der Waals surface area contributed by atoms with Gasteiger partial charge in [-0.25, -0.2) is 23.1 Å². The van der Waals surface area contributed by atoms with Crippen LogP contribution < -0.4 is 14.9 Å². The zero-order valence-electron chi connectivity index (χ0n) is 15.5. The lowest BCUT2D eigenvalue weighted by Gasteiger charge is -2.16. The number of rotatable bonds is 7. The SMILES string of the molecule is CNS(=O)(=O)Cc1ccc(CNC(=O)c2nc(N3CCCC3)ncc2Cl)cc1. The minimum Gasteiger partial charge on any atom is -0.347 e. The normalized spacial score (nSPS) is 14.3. The van der Waals surface area contributed by atoms with Gasteiger partial charge in [0.15, 0.2) is 5.69 Å². The van der Waals surface area contributed by atoms with Crippen LogP contribution in [-0.4, -0.2) is 44.4 Å². The first kappa shape index (κ1) is 20.5. The van der Waals surface area contributed by atoms with Crippen molar-refractivity contribution >= 4 is 33.5 Å². The summed E-state index contributed by atoms with van der Waals surface area (Å²) in [5.41, 5.74) is 1.65. The summed E-state index contributed by atoms with van der Waals surface area (Å²) in [5.74, 6) is 0.0446. The van der Waals surface area contributed by atoms with Crippen molar-refractivity contribution in [2.75, 3.05) is 25.0 Å². The standard InChI is InChI=1S/C18H22ClN5O3S/c1-20-28(26,27)12-14-6-4-13(5-7-14)10-21-17(25)16-15(19)11-22-18(23-16)24-8-2-3-9-24/h4-7,11,20H,2-3,8-10,12H2,1H3,(H,21,25). The molecule has 2 heterocycles. The van der Waals surface area contributed by atoms with Crippen molar-refractivity contribution in [2.24, 2.45) is 0 Å². The van der Waals surface area contributed by atoms with Crippen molar-refractivity contribution < 1.29 is 13.2 Å². The quantitative estimate of drug-likeness (QED) is 0.702. The molecule has 8 nitrogen and oxygen atoms in total. The van der Waals surface area contributed by atoms with Gasteiger partial charge in [-0.15, -0.1) is 0 Å². The Morgan fingerprint density at radius 3 is 2.46 bits per heavy atom. The number of halogens is 1. The van der Waals surface area contributed by atoms with Gasteiger partial charge in [0.05, 0.1) is 17.0 Å². The molecule has 3 rings (SSSR count). The predicted octanol–water partition coefficient (Wildman–Crippen LogP) is 1.71. The lowest BCUT2D eigenvalue weighted by molar-refractivity contribution is 0.0946. The van der Waals surface area contributed by atoms with Gasteiger partial charge in [-0.1, -0.05) is 35.9 Å². The van der Waals surface area contributed by atoms with E-state index in [0.29, 0.717) is 11.5 Å². The molecule has 2 N–H and O–H groups in total. The Bertz CT molecular complexity index is 944. The highest BCUT2D eigenvalue weighted by Gasteiger charge is 2.19. The fourth-order valence-corrected chi connectivity index (χ4v) is 3.85. The van der Waals surface area contributed by atoms with Crippen LogP contribution >= 0.6 is 11.6 Å². The molecule has 1 aromatic carbocycles. The van der Waals surface area contributed by atoms with E-state index < -0.39 is 10.0 Å². The first-order chi connectivity index (χ1) is 13.4. The van der Waals surface area contributed by atoms with Crippen molar-refractivity contribution in [1.29, 1.82) is 0 Å². The largest absolute Gasteiger partial charge is 0.347 e. The summed E-state index contributed by atoms with van der Waals surface area (Å²) in [6.45, 7) is 2.02. The number of hydrogen-bond donors (Lipinski definition) is 2. The number of benzene rings is 1. The van der Waals surface area contributed by atoms with E-state index in [1.54, 1.807) is 24.3 Å². The smallest absolute Gasteiger partial charge is 0.271 e. The van der Waals surface area contributed by atoms with Crippen LogP contribution in [0.5, 0.6) is 0 Å². The maximum absolute atomic E-state index is 12.5. The van der Waals surface area contributed by atoms with E-state index in [-0.39, 0.29) is 28.9 Å². The zero-order valence-corrected chi connectivity index (χ0v) is 17.1. The van der Waals surface area contributed by atoms with E-state index in [2.05, 4.69) is 20.0 Å². The van der Waals surface area contributed by atoms with Gasteiger partial charge >= 0.3 is 0 Å². The van der Waals surface area contributed by atoms with Gasteiger partial charge in [-0.05, 0) is 31.0 Å². The summed E-state index contributed by atoms with van der Waals surface area (Å²) < 4.78 is 25.4. The molecule has 0 radical (unpaired) electrons. The number of nitrogens with zero attached hydrogens (tertiary/aromatic N) is 3. The highest BCUT2D eigenvalue weighted by atomic mass is 35.5. The van der Waals surface area contributed by atoms with Gasteiger partial charge in [-0.3, -0.25) is 4.79 Å². The molecule has 0 aliphatic carbocycles. The second-order valence-corrected chi connectivity index (χ2v) is 8.86. The molecule has 28 heavy (non-hydrogen) atoms. The second kappa shape index (κ2) is 8.85. The molecule has 0 bridgehead atoms. The van der Waals surface area contributed by atoms with Crippen LogP contribution in [0.1, 0.15) is 34.5 Å². The molecule has 0 unspecified atom stereocenters. The van der Waals surface area contributed by atoms with Crippen molar-refractivity contribution in [1.82, 2.24) is 20.0 Å². The predicted molar refractivity (Wildman–Crippen MR) is 108 cm³/mol. The summed E-state index contributed by atoms with van der Waals surface area (Å²) >= 11 is 6.11. The Hall–Kier alpha value is -2.23. The van der Waals surface area contributed by atoms with Gasteiger partial charge in [0.2, 0.25) is 16.0 Å². The average Bonchev–Trinajstić information content (AvgIpc) is 3.22. The average molecular weight is 424 g/mol. The topological polar surface area (TPSA) is 104 Å². The van der Waals surface area contributed by atoms with Crippen LogP contribution in [0, 0.1) is 0 Å². The number of carbonyl (C=O) groups is 1. The number of hydrogen-bond acceptors (Lipinski definition) is 6. The highest BCUT2D eigenvalue weighted by Crippen LogP contribution is 2.20. The molecule has 0 atom stereocenters. The monoisotopic (exact) mass is 423 g/mol. The Labute approximate surface area is 169 Å². The number of nitrogens with one attached hydrogen (secondary N) is 2. The maximum Gasteiger partial charge on any atom is 0.271 e. The molecule has 0 spiro atoms. The molecule has 1 fully saturated rings. The Morgan fingerprint density at radius 1 is 1.18 bits per heavy atom. The van der Waals surface area contributed by atoms with Crippen molar-refractivity contribution in [3.63, 3.8) is 0 Å². The highest BCUT2D eigenvalue weighted by molar-refractivity contribution is 7.88. The van der Waals surface area contributed by atoms with Gasteiger partial charge < -0.3 is 10.2 Å². The maximum atomic E-state index is 12.5. The molecular formula is C18H22ClN5O3S. The van der Waals surface area contributed by atoms with Crippen LogP contribution in [0.15, 0.2) is 30.5 Å². The summed E-state index contributed by atoms with van der Waals surface area (Å²) in [5, 5.41) is 2.99. The number of aromatic nitrogens is 2. The fourth-order valence-electron chi connectivity index (χ4n) is 2.90. The third-order valence-electron chi connectivity index (χ3n) is 4.48. The summed E-state index contributed by atoms with van der Waals surface area (Å²) in [7, 11) is -1.93. The molecule has 1 saturated heterocycles. The first-order valence-electron chi connectivity index (χ1n) is 8.93. The van der Waals surface area contributed by atoms with E-state index in [1.165, 1.54) is 13.2 Å². The Morgan fingerprint density at radius 2 is 1.82 bits per heavy atom. The minimum atomic E-state index is -3.32. The number of carbonyl (C=O) groups excluding carboxylic acids is 1. The lowest BCUT2D eigenvalue weighted by Crippen LogP contribution is -2.26. The summed E-state index contributed by atoms with van der Waals surface area (Å²) in [6.07, 6.45) is 3.62. The molecular weight excluding hydrogens is 402 g/mol. The van der Waals surface area contributed by atoms with Gasteiger partial charge in [0, 0.05) is 19.6 Å². The third kappa shape index (κ3) is 5.18. The van der Waals surface area contributed by atoms with E-state index >= 15 is 0 Å². The fraction of sp³-hybridized carbons (Fsp3) is 0.389. The Balaban J connectivity index is 1.63. The molecule has 2 aromatic rings. The van der Waals surface area contributed by atoms with Crippen LogP contribution in [0.25, 0.3) is 0 Å². The molecule has 1 aliphatic rings. The zero-order chi connectivity index (χ0) is 20.1. The van der Waals surface area contributed by atoms with E-state index in [4.69, 9.17) is 11.6 Å². The first-order valence-corrected chi connectivity index (χ1v) is 11.0. The lowest BCUT2D eigenvalue weighted by atomic mass is 10.1. The van der Waals surface area contributed by atoms with E-state index in [9.17, 15) is 13.2 Å². The number of amides is 1. The second-order valence-electron chi connectivity index (χ2n) is 6.52. The van der Waals surface area contributed by atoms with Crippen LogP contribution in [0.2, 0.25) is 5.02 Å². The van der Waals surface area contributed by atoms with Crippen LogP contribution in [0.3, 0.4) is 0 Å². The number of sulfonamides is 1. The number of anilines is 1. The van der Waals surface area contributed by atoms with Crippen LogP contribution in [-0.2, 0) is 22.3 Å². The van der Waals surface area contributed by atoms with E-state index in [0.717, 1.165) is 31.5 Å². The van der Waals surface area contributed by atoms with Gasteiger partial charge in [-0.2, -0.15) is 0 Å². The molecule has 1 amide bonds. The molecule has 150 valence electrons. The summed E-state index contributed by atoms with van der Waals surface area (Å²) in [4.78, 5) is 23.1. The minimum absolute atomic E-state index is 0.0913. The molecule has 1 aliphatic heterocycles. The summed E-state index contributed by atoms with van der Waals surface area (Å²) in [6, 6.07) is 7.00. The van der Waals surface area contributed by atoms with E-state index in [1.807, 2.05) is 4.90 Å². The third-order valence-corrected chi connectivity index (χ3v) is 6.09.